The average Bonchev–Trinajstić information content (AvgIpc) is 2.56. The van der Waals surface area contributed by atoms with E-state index in [0.29, 0.717) is 37.0 Å². The molecule has 0 atom stereocenters. The highest BCUT2D eigenvalue weighted by molar-refractivity contribution is 8.05. The van der Waals surface area contributed by atoms with E-state index in [-0.39, 0.29) is 10.5 Å². The third kappa shape index (κ3) is 4.12. The van der Waals surface area contributed by atoms with Crippen LogP contribution in [0.15, 0.2) is 0 Å². The summed E-state index contributed by atoms with van der Waals surface area (Å²) in [4.78, 5) is 0. The minimum atomic E-state index is -7.49. The second kappa shape index (κ2) is 7.36. The predicted molar refractivity (Wildman–Crippen MR) is 92.0 cm³/mol. The minimum absolute atomic E-state index is 0.179. The molecular formula is C16H20F9NO4S2. The van der Waals surface area contributed by atoms with Crippen LogP contribution in [-0.2, 0) is 20.0 Å². The van der Waals surface area contributed by atoms with E-state index in [1.54, 1.807) is 0 Å². The molecule has 188 valence electrons. The van der Waals surface area contributed by atoms with Gasteiger partial charge in [0.1, 0.15) is 0 Å². The van der Waals surface area contributed by atoms with Gasteiger partial charge < -0.3 is 0 Å². The quantitative estimate of drug-likeness (QED) is 0.481. The number of rotatable bonds is 8. The molecule has 32 heavy (non-hydrogen) atoms. The van der Waals surface area contributed by atoms with Gasteiger partial charge in [0.05, 0.1) is 5.75 Å². The Hall–Kier alpha value is -0.770. The third-order valence-corrected chi connectivity index (χ3v) is 10.3. The van der Waals surface area contributed by atoms with Crippen molar-refractivity contribution in [2.24, 2.45) is 23.2 Å². The molecule has 0 aromatic heterocycles. The monoisotopic (exact) mass is 525 g/mol. The Morgan fingerprint density at radius 1 is 0.719 bits per heavy atom. The predicted octanol–water partition coefficient (Wildman–Crippen LogP) is 4.27. The van der Waals surface area contributed by atoms with Gasteiger partial charge in [-0.2, -0.15) is 39.5 Å². The number of hydrogen-bond acceptors (Lipinski definition) is 4. The van der Waals surface area contributed by atoms with E-state index in [0.717, 1.165) is 19.3 Å². The van der Waals surface area contributed by atoms with Gasteiger partial charge in [0.15, 0.2) is 0 Å². The minimum Gasteiger partial charge on any atom is -0.211 e. The standard InChI is InChI=1S/C16H20F9NO4S2/c17-13(18,15(21,22)23)14(19,20)16(24,25)32(29,30)26-31(27,28)2-1-12-6-9-3-10(7-12)5-11(4-9)8-12/h9-11,26H,1-8H2. The van der Waals surface area contributed by atoms with Crippen LogP contribution >= 0.6 is 0 Å². The summed E-state index contributed by atoms with van der Waals surface area (Å²) < 4.78 is 164. The van der Waals surface area contributed by atoms with Crippen molar-refractivity contribution >= 4 is 20.0 Å². The van der Waals surface area contributed by atoms with E-state index < -0.39 is 54.5 Å². The molecule has 4 bridgehead atoms. The van der Waals surface area contributed by atoms with Crippen LogP contribution in [-0.4, -0.2) is 45.9 Å². The smallest absolute Gasteiger partial charge is 0.211 e. The zero-order valence-corrected chi connectivity index (χ0v) is 17.9. The van der Waals surface area contributed by atoms with Gasteiger partial charge in [0.25, 0.3) is 10.0 Å². The summed E-state index contributed by atoms with van der Waals surface area (Å²) in [5.74, 6) is -15.0. The van der Waals surface area contributed by atoms with E-state index >= 15 is 0 Å². The van der Waals surface area contributed by atoms with Gasteiger partial charge in [-0.15, -0.1) is 4.13 Å². The summed E-state index contributed by atoms with van der Waals surface area (Å²) in [6.07, 6.45) is -2.61. The number of alkyl halides is 9. The molecule has 0 unspecified atom stereocenters. The van der Waals surface area contributed by atoms with Crippen molar-refractivity contribution in [2.45, 2.75) is 68.2 Å². The molecule has 0 amide bonds. The molecule has 4 aliphatic carbocycles. The Balaban J connectivity index is 1.76. The van der Waals surface area contributed by atoms with Gasteiger partial charge in [-0.25, -0.2) is 16.8 Å². The summed E-state index contributed by atoms with van der Waals surface area (Å²) in [6.45, 7) is 0. The van der Waals surface area contributed by atoms with Crippen molar-refractivity contribution in [3.05, 3.63) is 0 Å². The molecule has 16 heteroatoms. The number of hydrogen-bond donors (Lipinski definition) is 1. The number of nitrogens with one attached hydrogen (secondary N) is 1. The summed E-state index contributed by atoms with van der Waals surface area (Å²) in [5, 5.41) is -7.09. The summed E-state index contributed by atoms with van der Waals surface area (Å²) >= 11 is 0. The van der Waals surface area contributed by atoms with E-state index in [1.165, 1.54) is 0 Å². The molecule has 0 saturated heterocycles. The van der Waals surface area contributed by atoms with Gasteiger partial charge >= 0.3 is 23.3 Å². The highest BCUT2D eigenvalue weighted by atomic mass is 32.3. The summed E-state index contributed by atoms with van der Waals surface area (Å²) in [5.41, 5.74) is -0.497. The van der Waals surface area contributed by atoms with Crippen LogP contribution in [0.4, 0.5) is 39.5 Å². The highest BCUT2D eigenvalue weighted by Gasteiger charge is 2.85. The van der Waals surface area contributed by atoms with Gasteiger partial charge in [0, 0.05) is 0 Å². The zero-order valence-electron chi connectivity index (χ0n) is 16.2. The van der Waals surface area contributed by atoms with Crippen LogP contribution in [0, 0.1) is 23.2 Å². The first-order valence-electron chi connectivity index (χ1n) is 9.61. The highest BCUT2D eigenvalue weighted by Crippen LogP contribution is 2.61. The van der Waals surface area contributed by atoms with Crippen molar-refractivity contribution in [1.82, 2.24) is 4.13 Å². The fraction of sp³-hybridized carbons (Fsp3) is 1.00. The first kappa shape index (κ1) is 25.8. The van der Waals surface area contributed by atoms with Crippen molar-refractivity contribution in [3.63, 3.8) is 0 Å². The lowest BCUT2D eigenvalue weighted by molar-refractivity contribution is -0.382. The van der Waals surface area contributed by atoms with Gasteiger partial charge in [-0.1, -0.05) is 0 Å². The van der Waals surface area contributed by atoms with Crippen LogP contribution in [0.2, 0.25) is 0 Å². The molecule has 5 nitrogen and oxygen atoms in total. The zero-order chi connectivity index (χ0) is 24.6. The van der Waals surface area contributed by atoms with Crippen LogP contribution in [0.25, 0.3) is 0 Å². The Morgan fingerprint density at radius 2 is 1.12 bits per heavy atom. The maximum Gasteiger partial charge on any atom is 0.460 e. The Kier molecular flexibility index (Phi) is 5.95. The number of halogens is 9. The fourth-order valence-electron chi connectivity index (χ4n) is 5.74. The third-order valence-electron chi connectivity index (χ3n) is 6.76. The summed E-state index contributed by atoms with van der Waals surface area (Å²) in [7, 11) is -12.5. The SMILES string of the molecule is O=S(=O)(CCC12CC3CC(CC(C3)C1)C2)NS(=O)(=O)C(F)(F)C(F)(F)C(F)(F)C(F)(F)F. The summed E-state index contributed by atoms with van der Waals surface area (Å²) in [6, 6.07) is 0. The lowest BCUT2D eigenvalue weighted by atomic mass is 9.49. The van der Waals surface area contributed by atoms with E-state index in [4.69, 9.17) is 0 Å². The first-order valence-corrected chi connectivity index (χ1v) is 12.7. The molecule has 0 aromatic carbocycles. The first-order chi connectivity index (χ1) is 14.1. The van der Waals surface area contributed by atoms with Crippen molar-refractivity contribution in [3.8, 4) is 0 Å². The lowest BCUT2D eigenvalue weighted by Gasteiger charge is -2.57. The van der Waals surface area contributed by atoms with Crippen molar-refractivity contribution in [1.29, 1.82) is 0 Å². The Bertz CT molecular complexity index is 925. The van der Waals surface area contributed by atoms with Gasteiger partial charge in [0.2, 0.25) is 10.0 Å². The van der Waals surface area contributed by atoms with Gasteiger partial charge in [-0.05, 0) is 68.1 Å². The van der Waals surface area contributed by atoms with Crippen molar-refractivity contribution in [2.75, 3.05) is 5.75 Å². The topological polar surface area (TPSA) is 80.3 Å². The molecule has 4 fully saturated rings. The second-order valence-corrected chi connectivity index (χ2v) is 13.1. The maximum absolute atomic E-state index is 13.7. The number of sulfonamides is 2. The molecule has 0 aliphatic heterocycles. The van der Waals surface area contributed by atoms with E-state index in [9.17, 15) is 56.3 Å². The van der Waals surface area contributed by atoms with Crippen LogP contribution in [0.5, 0.6) is 0 Å². The molecular weight excluding hydrogens is 505 g/mol. The second-order valence-electron chi connectivity index (χ2n) is 9.24. The molecule has 0 aromatic rings. The normalized spacial score (nSPS) is 31.8. The van der Waals surface area contributed by atoms with Crippen LogP contribution in [0.1, 0.15) is 44.9 Å². The lowest BCUT2D eigenvalue weighted by Crippen LogP contribution is -2.65. The molecule has 0 heterocycles. The van der Waals surface area contributed by atoms with Gasteiger partial charge in [-0.3, -0.25) is 0 Å². The fourth-order valence-corrected chi connectivity index (χ4v) is 8.99. The molecule has 4 rings (SSSR count). The van der Waals surface area contributed by atoms with Crippen LogP contribution < -0.4 is 4.13 Å². The Morgan fingerprint density at radius 3 is 1.50 bits per heavy atom. The molecule has 0 spiro atoms. The molecule has 0 radical (unpaired) electrons. The van der Waals surface area contributed by atoms with Crippen LogP contribution in [0.3, 0.4) is 0 Å². The average molecular weight is 525 g/mol. The van der Waals surface area contributed by atoms with Crippen molar-refractivity contribution < 1.29 is 56.3 Å². The largest absolute Gasteiger partial charge is 0.460 e. The Labute approximate surface area is 178 Å². The molecule has 1 N–H and O–H groups in total. The molecule has 4 saturated carbocycles. The van der Waals surface area contributed by atoms with E-state index in [2.05, 4.69) is 0 Å². The van der Waals surface area contributed by atoms with E-state index in [1.807, 2.05) is 0 Å². The maximum atomic E-state index is 13.7. The molecule has 4 aliphatic rings.